The molecule has 0 aromatic heterocycles. The SMILES string of the molecule is O=CC=COCCC(F)(F)C(F)(F)C(F)(F)C(F)(F)C(F)(F)C(F)(F)F. The molecule has 0 rings (SSSR count). The van der Waals surface area contributed by atoms with Crippen molar-refractivity contribution in [1.29, 1.82) is 0 Å². The van der Waals surface area contributed by atoms with Gasteiger partial charge in [0.1, 0.15) is 6.29 Å². The first kappa shape index (κ1) is 24.3. The van der Waals surface area contributed by atoms with Gasteiger partial charge in [0.25, 0.3) is 0 Å². The normalized spacial score (nSPS) is 15.4. The van der Waals surface area contributed by atoms with E-state index in [0.717, 1.165) is 0 Å². The summed E-state index contributed by atoms with van der Waals surface area (Å²) in [5.41, 5.74) is 0. The minimum Gasteiger partial charge on any atom is -0.501 e. The Morgan fingerprint density at radius 1 is 0.654 bits per heavy atom. The molecular weight excluding hydrogens is 411 g/mol. The van der Waals surface area contributed by atoms with Gasteiger partial charge in [0.05, 0.1) is 19.3 Å². The number of hydrogen-bond donors (Lipinski definition) is 0. The van der Waals surface area contributed by atoms with Crippen LogP contribution < -0.4 is 0 Å². The van der Waals surface area contributed by atoms with Crippen LogP contribution in [0.1, 0.15) is 6.42 Å². The highest BCUT2D eigenvalue weighted by atomic mass is 19.4. The van der Waals surface area contributed by atoms with Crippen molar-refractivity contribution >= 4 is 6.29 Å². The molecule has 154 valence electrons. The maximum Gasteiger partial charge on any atom is 0.460 e. The monoisotopic (exact) mass is 418 g/mol. The lowest BCUT2D eigenvalue weighted by Gasteiger charge is -2.39. The zero-order valence-corrected chi connectivity index (χ0v) is 11.9. The van der Waals surface area contributed by atoms with Gasteiger partial charge in [-0.3, -0.25) is 4.79 Å². The number of carbonyl (C=O) groups excluding carboxylic acids is 1. The molecule has 0 spiro atoms. The number of aldehydes is 1. The second-order valence-electron chi connectivity index (χ2n) is 4.59. The van der Waals surface area contributed by atoms with Crippen molar-refractivity contribution in [1.82, 2.24) is 0 Å². The molecule has 0 saturated heterocycles. The van der Waals surface area contributed by atoms with E-state index >= 15 is 0 Å². The zero-order valence-electron chi connectivity index (χ0n) is 11.9. The predicted molar refractivity (Wildman–Crippen MR) is 56.6 cm³/mol. The van der Waals surface area contributed by atoms with E-state index in [1.54, 1.807) is 0 Å². The lowest BCUT2D eigenvalue weighted by Crippen LogP contribution is -2.70. The third-order valence-corrected chi connectivity index (χ3v) is 2.79. The molecule has 0 atom stereocenters. The van der Waals surface area contributed by atoms with Crippen molar-refractivity contribution in [3.05, 3.63) is 12.3 Å². The summed E-state index contributed by atoms with van der Waals surface area (Å²) in [4.78, 5) is 9.76. The molecule has 0 aromatic rings. The van der Waals surface area contributed by atoms with Crippen LogP contribution in [0.15, 0.2) is 12.3 Å². The van der Waals surface area contributed by atoms with Gasteiger partial charge >= 0.3 is 35.8 Å². The molecule has 2 nitrogen and oxygen atoms in total. The fraction of sp³-hybridized carbons (Fsp3) is 0.727. The van der Waals surface area contributed by atoms with Crippen molar-refractivity contribution in [2.75, 3.05) is 6.61 Å². The third-order valence-electron chi connectivity index (χ3n) is 2.79. The summed E-state index contributed by atoms with van der Waals surface area (Å²) < 4.78 is 169. The highest BCUT2D eigenvalue weighted by Gasteiger charge is 2.90. The topological polar surface area (TPSA) is 26.3 Å². The van der Waals surface area contributed by atoms with Crippen LogP contribution >= 0.6 is 0 Å². The molecular formula is C11H7F13O2. The number of halogens is 13. The Morgan fingerprint density at radius 2 is 1.08 bits per heavy atom. The van der Waals surface area contributed by atoms with Gasteiger partial charge in [-0.05, 0) is 0 Å². The van der Waals surface area contributed by atoms with E-state index in [1.165, 1.54) is 0 Å². The molecule has 0 heterocycles. The van der Waals surface area contributed by atoms with E-state index in [2.05, 4.69) is 4.74 Å². The molecule has 0 fully saturated rings. The van der Waals surface area contributed by atoms with Crippen molar-refractivity contribution in [3.63, 3.8) is 0 Å². The highest BCUT2D eigenvalue weighted by molar-refractivity contribution is 5.64. The summed E-state index contributed by atoms with van der Waals surface area (Å²) in [6.45, 7) is -1.59. The molecule has 26 heavy (non-hydrogen) atoms. The van der Waals surface area contributed by atoms with Crippen LogP contribution in [0, 0.1) is 0 Å². The van der Waals surface area contributed by atoms with Crippen molar-refractivity contribution in [2.24, 2.45) is 0 Å². The summed E-state index contributed by atoms with van der Waals surface area (Å²) in [5, 5.41) is 0. The van der Waals surface area contributed by atoms with Crippen molar-refractivity contribution in [3.8, 4) is 0 Å². The Balaban J connectivity index is 5.77. The lowest BCUT2D eigenvalue weighted by atomic mass is 9.93. The largest absolute Gasteiger partial charge is 0.501 e. The average molecular weight is 418 g/mol. The van der Waals surface area contributed by atoms with E-state index in [4.69, 9.17) is 0 Å². The Hall–Kier alpha value is -1.70. The second kappa shape index (κ2) is 7.13. The molecule has 0 amide bonds. The van der Waals surface area contributed by atoms with Crippen LogP contribution in [0.5, 0.6) is 0 Å². The standard InChI is InChI=1S/C11H7F13O2/c12-6(13,2-5-26-4-1-3-25)7(14,15)8(16,17)9(18,19)10(20,21)11(22,23)24/h1,3-4H,2,5H2. The first-order chi connectivity index (χ1) is 11.3. The zero-order chi connectivity index (χ0) is 21.2. The van der Waals surface area contributed by atoms with Crippen LogP contribution in [0.4, 0.5) is 57.1 Å². The van der Waals surface area contributed by atoms with E-state index in [1.807, 2.05) is 0 Å². The fourth-order valence-corrected chi connectivity index (χ4v) is 1.30. The van der Waals surface area contributed by atoms with E-state index in [9.17, 15) is 61.9 Å². The summed E-state index contributed by atoms with van der Waals surface area (Å²) in [6.07, 6.45) is -9.13. The lowest BCUT2D eigenvalue weighted by molar-refractivity contribution is -0.440. The van der Waals surface area contributed by atoms with Gasteiger partial charge in [0, 0.05) is 6.08 Å². The van der Waals surface area contributed by atoms with Gasteiger partial charge in [-0.1, -0.05) is 0 Å². The van der Waals surface area contributed by atoms with E-state index < -0.39 is 48.8 Å². The minimum absolute atomic E-state index is 0.000666. The van der Waals surface area contributed by atoms with Crippen LogP contribution in [-0.2, 0) is 9.53 Å². The molecule has 0 radical (unpaired) electrons. The number of ether oxygens (including phenoxy) is 1. The Bertz CT molecular complexity index is 521. The van der Waals surface area contributed by atoms with Gasteiger partial charge in [-0.15, -0.1) is 0 Å². The van der Waals surface area contributed by atoms with Gasteiger partial charge in [-0.25, -0.2) is 0 Å². The molecule has 0 unspecified atom stereocenters. The molecule has 0 aliphatic carbocycles. The van der Waals surface area contributed by atoms with Crippen LogP contribution in [0.3, 0.4) is 0 Å². The Kier molecular flexibility index (Phi) is 6.67. The molecule has 0 N–H and O–H groups in total. The summed E-state index contributed by atoms with van der Waals surface area (Å²) in [5.74, 6) is -37.0. The minimum atomic E-state index is -7.91. The van der Waals surface area contributed by atoms with E-state index in [-0.39, 0.29) is 6.29 Å². The van der Waals surface area contributed by atoms with Gasteiger partial charge in [0.15, 0.2) is 0 Å². The average Bonchev–Trinajstić information content (AvgIpc) is 2.44. The van der Waals surface area contributed by atoms with Crippen LogP contribution in [0.25, 0.3) is 0 Å². The number of rotatable bonds is 9. The van der Waals surface area contributed by atoms with E-state index in [0.29, 0.717) is 12.3 Å². The predicted octanol–water partition coefficient (Wildman–Crippen LogP) is 4.84. The Morgan fingerprint density at radius 3 is 1.46 bits per heavy atom. The van der Waals surface area contributed by atoms with Crippen LogP contribution in [-0.4, -0.2) is 48.7 Å². The first-order valence-corrected chi connectivity index (χ1v) is 5.99. The molecule has 15 heteroatoms. The smallest absolute Gasteiger partial charge is 0.460 e. The summed E-state index contributed by atoms with van der Waals surface area (Å²) in [7, 11) is 0. The number of hydrogen-bond acceptors (Lipinski definition) is 2. The second-order valence-corrected chi connectivity index (χ2v) is 4.59. The van der Waals surface area contributed by atoms with Crippen molar-refractivity contribution in [2.45, 2.75) is 42.2 Å². The molecule has 0 bridgehead atoms. The van der Waals surface area contributed by atoms with Gasteiger partial charge in [-0.2, -0.15) is 57.1 Å². The van der Waals surface area contributed by atoms with Crippen LogP contribution in [0.2, 0.25) is 0 Å². The number of carbonyl (C=O) groups is 1. The Labute approximate surface area is 135 Å². The summed E-state index contributed by atoms with van der Waals surface area (Å²) in [6, 6.07) is 0. The molecule has 0 aliphatic rings. The molecule has 0 saturated carbocycles. The highest BCUT2D eigenvalue weighted by Crippen LogP contribution is 2.60. The van der Waals surface area contributed by atoms with Gasteiger partial charge < -0.3 is 4.74 Å². The van der Waals surface area contributed by atoms with Gasteiger partial charge in [0.2, 0.25) is 0 Å². The fourth-order valence-electron chi connectivity index (χ4n) is 1.30. The number of allylic oxidation sites excluding steroid dienone is 1. The maximum atomic E-state index is 13.2. The number of alkyl halides is 13. The molecule has 0 aromatic carbocycles. The van der Waals surface area contributed by atoms with Crippen molar-refractivity contribution < 1.29 is 66.6 Å². The summed E-state index contributed by atoms with van der Waals surface area (Å²) >= 11 is 0. The quantitative estimate of drug-likeness (QED) is 0.176. The third kappa shape index (κ3) is 3.84. The molecule has 0 aliphatic heterocycles. The first-order valence-electron chi connectivity index (χ1n) is 5.99. The maximum absolute atomic E-state index is 13.2.